The lowest BCUT2D eigenvalue weighted by atomic mass is 10.1. The number of aliphatic hydroxyl groups excluding tert-OH is 1. The third kappa shape index (κ3) is 3.46. The maximum absolute atomic E-state index is 10.6. The predicted octanol–water partition coefficient (Wildman–Crippen LogP) is 4.60. The number of ether oxygens (including phenoxy) is 3. The van der Waals surface area contributed by atoms with Crippen molar-refractivity contribution in [3.63, 3.8) is 0 Å². The van der Waals surface area contributed by atoms with Crippen molar-refractivity contribution in [3.8, 4) is 28.5 Å². The zero-order valence-corrected chi connectivity index (χ0v) is 17.6. The third-order valence-electron chi connectivity index (χ3n) is 4.87. The number of anilines is 1. The van der Waals surface area contributed by atoms with Gasteiger partial charge in [0.2, 0.25) is 0 Å². The molecule has 0 amide bonds. The highest BCUT2D eigenvalue weighted by atomic mass is 32.1. The number of rotatable bonds is 6. The zero-order chi connectivity index (χ0) is 21.3. The molecule has 0 bridgehead atoms. The number of benzene rings is 2. The van der Waals surface area contributed by atoms with Gasteiger partial charge in [0.15, 0.2) is 11.5 Å². The molecule has 0 atom stereocenters. The number of aliphatic hydroxyl groups is 1. The van der Waals surface area contributed by atoms with E-state index in [0.29, 0.717) is 27.8 Å². The molecule has 154 valence electrons. The largest absolute Gasteiger partial charge is 0.510 e. The van der Waals surface area contributed by atoms with Gasteiger partial charge in [-0.25, -0.2) is 4.98 Å². The van der Waals surface area contributed by atoms with Crippen LogP contribution in [0.2, 0.25) is 0 Å². The second-order valence-corrected chi connectivity index (χ2v) is 7.42. The summed E-state index contributed by atoms with van der Waals surface area (Å²) in [6.45, 7) is 0.215. The monoisotopic (exact) mass is 423 g/mol. The first-order valence-electron chi connectivity index (χ1n) is 9.16. The highest BCUT2D eigenvalue weighted by molar-refractivity contribution is 7.11. The van der Waals surface area contributed by atoms with Crippen molar-refractivity contribution in [1.29, 1.82) is 5.41 Å². The van der Waals surface area contributed by atoms with Crippen LogP contribution >= 0.6 is 11.3 Å². The standard InChI is InChI=1S/C22H21N3O4S/c1-27-15-6-4-5-14(10-15)25-11-17(26)20(21(25)23)22-24-16(12-30-22)13-7-8-18(28-2)19(9-13)29-3/h4-10,12,23,26H,11H2,1-3H3. The molecule has 2 heterocycles. The SMILES string of the molecule is COc1cccc(N2CC(O)=C(c3nc(-c4ccc(OC)c(OC)c4)cs3)C2=N)c1. The highest BCUT2D eigenvalue weighted by Gasteiger charge is 2.31. The van der Waals surface area contributed by atoms with Crippen molar-refractivity contribution >= 4 is 28.4 Å². The van der Waals surface area contributed by atoms with Gasteiger partial charge in [0.05, 0.1) is 39.1 Å². The van der Waals surface area contributed by atoms with Crippen molar-refractivity contribution in [2.24, 2.45) is 0 Å². The number of aromatic nitrogens is 1. The molecule has 1 aliphatic heterocycles. The number of thiazole rings is 1. The molecule has 1 aliphatic rings. The molecule has 0 fully saturated rings. The average molecular weight is 423 g/mol. The van der Waals surface area contributed by atoms with E-state index >= 15 is 0 Å². The number of hydrogen-bond donors (Lipinski definition) is 2. The fraction of sp³-hybridized carbons (Fsp3) is 0.182. The Morgan fingerprint density at radius 3 is 2.57 bits per heavy atom. The Bertz CT molecular complexity index is 1140. The molecule has 1 aromatic heterocycles. The van der Waals surface area contributed by atoms with Crippen LogP contribution in [0.25, 0.3) is 16.8 Å². The van der Waals surface area contributed by atoms with Gasteiger partial charge in [-0.1, -0.05) is 6.07 Å². The van der Waals surface area contributed by atoms with Gasteiger partial charge in [0.1, 0.15) is 22.4 Å². The van der Waals surface area contributed by atoms with Gasteiger partial charge in [-0.05, 0) is 30.3 Å². The first kappa shape index (κ1) is 19.8. The van der Waals surface area contributed by atoms with Crippen molar-refractivity contribution in [3.05, 3.63) is 58.6 Å². The number of nitrogens with one attached hydrogen (secondary N) is 1. The molecule has 8 heteroatoms. The second kappa shape index (κ2) is 8.08. The number of amidine groups is 1. The smallest absolute Gasteiger partial charge is 0.161 e. The van der Waals surface area contributed by atoms with Crippen LogP contribution in [0.4, 0.5) is 5.69 Å². The fourth-order valence-corrected chi connectivity index (χ4v) is 4.22. The molecule has 2 aromatic carbocycles. The minimum atomic E-state index is 0.121. The molecule has 3 aromatic rings. The lowest BCUT2D eigenvalue weighted by Gasteiger charge is -2.19. The van der Waals surface area contributed by atoms with E-state index in [4.69, 9.17) is 19.6 Å². The number of methoxy groups -OCH3 is 3. The first-order chi connectivity index (χ1) is 14.5. The van der Waals surface area contributed by atoms with E-state index in [1.54, 1.807) is 26.2 Å². The summed E-state index contributed by atoms with van der Waals surface area (Å²) in [7, 11) is 4.78. The Labute approximate surface area is 178 Å². The van der Waals surface area contributed by atoms with Gasteiger partial charge in [0, 0.05) is 22.7 Å². The molecule has 0 unspecified atom stereocenters. The van der Waals surface area contributed by atoms with Gasteiger partial charge in [0.25, 0.3) is 0 Å². The summed E-state index contributed by atoms with van der Waals surface area (Å²) in [5.74, 6) is 2.27. The van der Waals surface area contributed by atoms with Crippen LogP contribution in [-0.4, -0.2) is 43.8 Å². The molecular formula is C22H21N3O4S. The maximum Gasteiger partial charge on any atom is 0.161 e. The van der Waals surface area contributed by atoms with E-state index < -0.39 is 0 Å². The van der Waals surface area contributed by atoms with Gasteiger partial charge in [-0.15, -0.1) is 11.3 Å². The lowest BCUT2D eigenvalue weighted by molar-refractivity contribution is 0.355. The summed E-state index contributed by atoms with van der Waals surface area (Å²) in [5.41, 5.74) is 2.82. The van der Waals surface area contributed by atoms with Crippen LogP contribution in [0.3, 0.4) is 0 Å². The highest BCUT2D eigenvalue weighted by Crippen LogP contribution is 2.37. The fourth-order valence-electron chi connectivity index (χ4n) is 3.32. The average Bonchev–Trinajstić information content (AvgIpc) is 3.37. The van der Waals surface area contributed by atoms with Crippen molar-refractivity contribution < 1.29 is 19.3 Å². The Hall–Kier alpha value is -3.52. The molecule has 2 N–H and O–H groups in total. The summed E-state index contributed by atoms with van der Waals surface area (Å²) in [5, 5.41) is 21.7. The van der Waals surface area contributed by atoms with Crippen LogP contribution in [0.15, 0.2) is 53.6 Å². The van der Waals surface area contributed by atoms with Gasteiger partial charge in [-0.3, -0.25) is 5.41 Å². The molecule has 0 radical (unpaired) electrons. The Kier molecular flexibility index (Phi) is 5.33. The van der Waals surface area contributed by atoms with Crippen molar-refractivity contribution in [1.82, 2.24) is 4.98 Å². The normalized spacial score (nSPS) is 13.7. The van der Waals surface area contributed by atoms with Gasteiger partial charge >= 0.3 is 0 Å². The van der Waals surface area contributed by atoms with E-state index in [9.17, 15) is 5.11 Å². The quantitative estimate of drug-likeness (QED) is 0.602. The van der Waals surface area contributed by atoms with E-state index in [-0.39, 0.29) is 18.1 Å². The van der Waals surface area contributed by atoms with E-state index in [2.05, 4.69) is 4.98 Å². The molecular weight excluding hydrogens is 402 g/mol. The van der Waals surface area contributed by atoms with E-state index in [0.717, 1.165) is 16.9 Å². The van der Waals surface area contributed by atoms with Crippen LogP contribution in [0.1, 0.15) is 5.01 Å². The predicted molar refractivity (Wildman–Crippen MR) is 118 cm³/mol. The molecule has 0 saturated heterocycles. The third-order valence-corrected chi connectivity index (χ3v) is 5.73. The number of nitrogens with zero attached hydrogens (tertiary/aromatic N) is 2. The van der Waals surface area contributed by atoms with Crippen LogP contribution < -0.4 is 19.1 Å². The summed E-state index contributed by atoms with van der Waals surface area (Å²) >= 11 is 1.38. The minimum absolute atomic E-state index is 0.121. The molecule has 0 aliphatic carbocycles. The van der Waals surface area contributed by atoms with Crippen LogP contribution in [-0.2, 0) is 0 Å². The maximum atomic E-state index is 10.6. The zero-order valence-electron chi connectivity index (χ0n) is 16.8. The van der Waals surface area contributed by atoms with Gasteiger partial charge < -0.3 is 24.2 Å². The molecule has 7 nitrogen and oxygen atoms in total. The van der Waals surface area contributed by atoms with Crippen molar-refractivity contribution in [2.45, 2.75) is 0 Å². The Balaban J connectivity index is 1.63. The lowest BCUT2D eigenvalue weighted by Crippen LogP contribution is -2.25. The first-order valence-corrected chi connectivity index (χ1v) is 10.0. The molecule has 0 saturated carbocycles. The summed E-state index contributed by atoms with van der Waals surface area (Å²) in [4.78, 5) is 6.40. The Morgan fingerprint density at radius 2 is 1.83 bits per heavy atom. The number of hydrogen-bond acceptors (Lipinski definition) is 7. The molecule has 30 heavy (non-hydrogen) atoms. The van der Waals surface area contributed by atoms with E-state index in [1.807, 2.05) is 47.8 Å². The van der Waals surface area contributed by atoms with Crippen LogP contribution in [0.5, 0.6) is 17.2 Å². The molecule has 4 rings (SSSR count). The van der Waals surface area contributed by atoms with Crippen molar-refractivity contribution in [2.75, 3.05) is 32.8 Å². The summed E-state index contributed by atoms with van der Waals surface area (Å²) < 4.78 is 15.9. The van der Waals surface area contributed by atoms with E-state index in [1.165, 1.54) is 11.3 Å². The summed E-state index contributed by atoms with van der Waals surface area (Å²) in [6.07, 6.45) is 0. The van der Waals surface area contributed by atoms with Crippen LogP contribution in [0, 0.1) is 5.41 Å². The topological polar surface area (TPSA) is 87.9 Å². The van der Waals surface area contributed by atoms with Gasteiger partial charge in [-0.2, -0.15) is 0 Å². The summed E-state index contributed by atoms with van der Waals surface area (Å²) in [6, 6.07) is 13.0. The molecule has 0 spiro atoms. The minimum Gasteiger partial charge on any atom is -0.510 e. The Morgan fingerprint density at radius 1 is 1.03 bits per heavy atom. The second-order valence-electron chi connectivity index (χ2n) is 6.57.